The van der Waals surface area contributed by atoms with Crippen molar-refractivity contribution in [2.24, 2.45) is 29.6 Å². The van der Waals surface area contributed by atoms with E-state index in [1.165, 1.54) is 87.7 Å². The minimum Gasteiger partial charge on any atom is -0.390 e. The zero-order chi connectivity index (χ0) is 69.7. The molecule has 0 saturated carbocycles. The molecule has 0 aromatic carbocycles. The minimum absolute atomic E-state index is 0.00305. The van der Waals surface area contributed by atoms with Gasteiger partial charge >= 0.3 is 0 Å². The molecule has 11 amide bonds. The molecule has 25 heteroatoms. The first kappa shape index (κ1) is 81.9. The van der Waals surface area contributed by atoms with Gasteiger partial charge in [-0.15, -0.1) is 11.8 Å². The van der Waals surface area contributed by atoms with Crippen molar-refractivity contribution in [3.05, 3.63) is 23.8 Å². The van der Waals surface area contributed by atoms with Gasteiger partial charge in [0.25, 0.3) is 5.91 Å². The molecule has 24 nitrogen and oxygen atoms in total. The van der Waals surface area contributed by atoms with Crippen molar-refractivity contribution in [2.75, 3.05) is 75.7 Å². The van der Waals surface area contributed by atoms with E-state index in [1.807, 2.05) is 59.7 Å². The van der Waals surface area contributed by atoms with Crippen molar-refractivity contribution >= 4 is 76.7 Å². The number of carbonyl (C=O) groups is 11. The molecule has 0 aliphatic carbocycles. The van der Waals surface area contributed by atoms with Gasteiger partial charge in [-0.1, -0.05) is 106 Å². The fraction of sp³-hybridized carbons (Fsp3) is 0.769. The molecule has 514 valence electrons. The average molecular weight is 1290 g/mol. The van der Waals surface area contributed by atoms with E-state index in [9.17, 15) is 38.7 Å². The smallest absolute Gasteiger partial charge is 0.256 e. The number of carbonyl (C=O) groups excluding carboxylic acids is 11. The predicted molar refractivity (Wildman–Crippen MR) is 354 cm³/mol. The molecule has 0 unspecified atom stereocenters. The van der Waals surface area contributed by atoms with Crippen LogP contribution >= 0.6 is 11.8 Å². The first-order valence-corrected chi connectivity index (χ1v) is 33.0. The van der Waals surface area contributed by atoms with E-state index in [-0.39, 0.29) is 37.5 Å². The van der Waals surface area contributed by atoms with Crippen LogP contribution in [0, 0.1) is 29.6 Å². The Hall–Kier alpha value is -6.08. The van der Waals surface area contributed by atoms with E-state index < -0.39 is 155 Å². The molecular formula is C65H116N12O12S. The van der Waals surface area contributed by atoms with Gasteiger partial charge < -0.3 is 65.6 Å². The van der Waals surface area contributed by atoms with Crippen molar-refractivity contribution in [1.29, 1.82) is 0 Å². The number of nitrogens with one attached hydrogen (secondary N) is 4. The van der Waals surface area contributed by atoms with Crippen molar-refractivity contribution in [1.82, 2.24) is 60.5 Å². The molecule has 1 saturated heterocycles. The molecule has 0 radical (unpaired) electrons. The normalized spacial score (nSPS) is 26.8. The second-order valence-corrected chi connectivity index (χ2v) is 27.7. The molecule has 1 rings (SSSR count). The number of rotatable bonds is 18. The highest BCUT2D eigenvalue weighted by Crippen LogP contribution is 2.26. The van der Waals surface area contributed by atoms with Crippen LogP contribution < -0.4 is 21.3 Å². The van der Waals surface area contributed by atoms with E-state index in [0.717, 1.165) is 21.6 Å². The lowest BCUT2D eigenvalue weighted by atomic mass is 9.91. The first-order chi connectivity index (χ1) is 41.7. The number of aliphatic hydroxyl groups excluding tert-OH is 1. The van der Waals surface area contributed by atoms with Gasteiger partial charge in [-0.2, -0.15) is 0 Å². The average Bonchev–Trinajstić information content (AvgIpc) is 0.871. The van der Waals surface area contributed by atoms with E-state index in [2.05, 4.69) is 21.3 Å². The van der Waals surface area contributed by atoms with E-state index >= 15 is 19.2 Å². The third-order valence-electron chi connectivity index (χ3n) is 16.6. The number of amides is 11. The van der Waals surface area contributed by atoms with Gasteiger partial charge in [0.2, 0.25) is 59.1 Å². The van der Waals surface area contributed by atoms with Crippen LogP contribution in [0.3, 0.4) is 0 Å². The zero-order valence-corrected chi connectivity index (χ0v) is 59.9. The van der Waals surface area contributed by atoms with Gasteiger partial charge in [0.1, 0.15) is 60.4 Å². The maximum absolute atomic E-state index is 15.3. The van der Waals surface area contributed by atoms with Gasteiger partial charge in [-0.3, -0.25) is 52.7 Å². The summed E-state index contributed by atoms with van der Waals surface area (Å²) in [6, 6.07) is -12.7. The standard InChI is InChI=1S/C65H116N12O12S/c1-26-29-31-42(14)53(78)52-57(82)68-45(28-3)59(84)77(25)65(90-33-32-70(17)18)64(89)71(19)46(30-27-2)55(80)69-50(40(10)11)62(87)72(20)47(34-37(4)5)56(81)66-43(15)54(79)67-44(16)58(83)73(21)48(35-38(6)7)60(85)74(22)49(36-39(8)9)61(86)75(23)51(41(12)13)63(88)76(52)24/h26,29,35,37,39-53,65,78H,27-28,30-34,36H2,1-25H3,(H,66,81)(H,67,79)(H,68,82)(H,69,80)/b29-26+/t42-,43-,44+,45+,46+,47-,48-,49+,50-,51+,52+,53-,65-/m1/s1. The van der Waals surface area contributed by atoms with Gasteiger partial charge in [0.15, 0.2) is 5.37 Å². The molecule has 1 fully saturated rings. The monoisotopic (exact) mass is 1290 g/mol. The highest BCUT2D eigenvalue weighted by molar-refractivity contribution is 8.00. The van der Waals surface area contributed by atoms with Gasteiger partial charge in [0.05, 0.1) is 6.10 Å². The summed E-state index contributed by atoms with van der Waals surface area (Å²) in [7, 11) is 13.6. The topological polar surface area (TPSA) is 282 Å². The fourth-order valence-corrected chi connectivity index (χ4v) is 12.2. The van der Waals surface area contributed by atoms with E-state index in [0.29, 0.717) is 30.7 Å². The summed E-state index contributed by atoms with van der Waals surface area (Å²) in [4.78, 5) is 173. The zero-order valence-electron chi connectivity index (χ0n) is 59.1. The lowest BCUT2D eigenvalue weighted by Gasteiger charge is -2.41. The van der Waals surface area contributed by atoms with Gasteiger partial charge in [-0.05, 0) is 110 Å². The van der Waals surface area contributed by atoms with Gasteiger partial charge in [0, 0.05) is 61.6 Å². The highest BCUT2D eigenvalue weighted by atomic mass is 32.2. The Kier molecular flexibility index (Phi) is 34.6. The molecule has 1 aliphatic rings. The van der Waals surface area contributed by atoms with Crippen molar-refractivity contribution in [3.8, 4) is 0 Å². The summed E-state index contributed by atoms with van der Waals surface area (Å²) in [5.74, 6) is -9.34. The molecule has 1 aliphatic heterocycles. The lowest BCUT2D eigenvalue weighted by molar-refractivity contribution is -0.157. The lowest BCUT2D eigenvalue weighted by Crippen LogP contribution is -2.63. The van der Waals surface area contributed by atoms with E-state index in [4.69, 9.17) is 0 Å². The van der Waals surface area contributed by atoms with Crippen molar-refractivity contribution in [2.45, 2.75) is 221 Å². The number of nitrogens with zero attached hydrogens (tertiary/aromatic N) is 8. The third kappa shape index (κ3) is 22.9. The SMILES string of the molecule is C/C=C/C[C@@H](C)[C@@H](O)[C@H]1C(=O)N[C@@H](CC)C(=O)N(C)[C@H](SCCN(C)C)C(=O)N(C)[C@@H](CCC)C(=O)N[C@H](C(C)C)C(=O)N(C)[C@H](CC(C)C)C(=O)N[C@H](C)C(=O)N[C@@H](C)C(=O)N(C)[C@H](C=C(C)C)C(=O)N(C)[C@@H](CC(C)C)C(=O)N(C)[C@@H](C(C)C)C(=O)N1C. The Morgan fingerprint density at radius 2 is 1.07 bits per heavy atom. The molecule has 0 aromatic heterocycles. The summed E-state index contributed by atoms with van der Waals surface area (Å²) in [5.41, 5.74) is 0.650. The predicted octanol–water partition coefficient (Wildman–Crippen LogP) is 3.56. The highest BCUT2D eigenvalue weighted by Gasteiger charge is 2.46. The molecule has 0 bridgehead atoms. The van der Waals surface area contributed by atoms with Crippen LogP contribution in [0.5, 0.6) is 0 Å². The van der Waals surface area contributed by atoms with Crippen LogP contribution in [0.4, 0.5) is 0 Å². The van der Waals surface area contributed by atoms with Crippen LogP contribution in [-0.2, 0) is 52.7 Å². The Morgan fingerprint density at radius 3 is 1.56 bits per heavy atom. The quantitative estimate of drug-likeness (QED) is 0.123. The first-order valence-electron chi connectivity index (χ1n) is 32.0. The Bertz CT molecular complexity index is 2500. The van der Waals surface area contributed by atoms with Crippen LogP contribution in [-0.4, -0.2) is 257 Å². The summed E-state index contributed by atoms with van der Waals surface area (Å²) in [5, 5.41) is 22.1. The molecule has 90 heavy (non-hydrogen) atoms. The fourth-order valence-electron chi connectivity index (χ4n) is 10.9. The molecular weight excluding hydrogens is 1170 g/mol. The minimum atomic E-state index is -1.64. The second kappa shape index (κ2) is 38.1. The maximum atomic E-state index is 15.3. The number of aliphatic hydroxyl groups is 1. The number of hydrogen-bond donors (Lipinski definition) is 5. The number of likely N-dealkylation sites (N-methyl/N-ethyl adjacent to an activating group) is 7. The van der Waals surface area contributed by atoms with Crippen LogP contribution in [0.1, 0.15) is 149 Å². The molecule has 5 N–H and O–H groups in total. The van der Waals surface area contributed by atoms with Crippen molar-refractivity contribution in [3.63, 3.8) is 0 Å². The van der Waals surface area contributed by atoms with Crippen LogP contribution in [0.2, 0.25) is 0 Å². The van der Waals surface area contributed by atoms with Crippen molar-refractivity contribution < 1.29 is 57.8 Å². The number of thioether (sulfide) groups is 1. The Morgan fingerprint density at radius 1 is 0.556 bits per heavy atom. The van der Waals surface area contributed by atoms with Crippen LogP contribution in [0.25, 0.3) is 0 Å². The largest absolute Gasteiger partial charge is 0.390 e. The summed E-state index contributed by atoms with van der Waals surface area (Å²) < 4.78 is 0. The molecule has 0 spiro atoms. The summed E-state index contributed by atoms with van der Waals surface area (Å²) in [6.07, 6.45) is 4.78. The summed E-state index contributed by atoms with van der Waals surface area (Å²) >= 11 is 1.15. The van der Waals surface area contributed by atoms with Gasteiger partial charge in [-0.25, -0.2) is 0 Å². The second-order valence-electron chi connectivity index (χ2n) is 26.5. The van der Waals surface area contributed by atoms with Crippen LogP contribution in [0.15, 0.2) is 23.8 Å². The Labute approximate surface area is 543 Å². The molecule has 0 aromatic rings. The molecule has 13 atom stereocenters. The Balaban J connectivity index is 4.50. The van der Waals surface area contributed by atoms with E-state index in [1.54, 1.807) is 74.5 Å². The number of hydrogen-bond acceptors (Lipinski definition) is 14. The third-order valence-corrected chi connectivity index (χ3v) is 17.8. The molecule has 1 heterocycles. The number of allylic oxidation sites excluding steroid dienone is 3. The summed E-state index contributed by atoms with van der Waals surface area (Å²) in [6.45, 7) is 28.2. The maximum Gasteiger partial charge on any atom is 0.256 e.